The van der Waals surface area contributed by atoms with E-state index in [0.29, 0.717) is 13.2 Å². The molecule has 2 rings (SSSR count). The molecule has 1 heterocycles. The summed E-state index contributed by atoms with van der Waals surface area (Å²) in [5.41, 5.74) is 6.74. The van der Waals surface area contributed by atoms with Crippen molar-refractivity contribution >= 4 is 0 Å². The number of ether oxygens (including phenoxy) is 1. The van der Waals surface area contributed by atoms with Gasteiger partial charge in [-0.1, -0.05) is 19.1 Å². The number of morpholine rings is 1. The van der Waals surface area contributed by atoms with Crippen molar-refractivity contribution in [2.75, 3.05) is 26.2 Å². The molecule has 1 fully saturated rings. The highest BCUT2D eigenvalue weighted by Gasteiger charge is 2.32. The average molecular weight is 252 g/mol. The molecule has 3 nitrogen and oxygen atoms in total. The van der Waals surface area contributed by atoms with Gasteiger partial charge in [-0.2, -0.15) is 0 Å². The van der Waals surface area contributed by atoms with E-state index in [1.54, 1.807) is 12.1 Å². The Morgan fingerprint density at radius 2 is 2.33 bits per heavy atom. The molecule has 1 aliphatic heterocycles. The number of benzene rings is 1. The molecular formula is C14H21FN2O. The summed E-state index contributed by atoms with van der Waals surface area (Å²) >= 11 is 0. The summed E-state index contributed by atoms with van der Waals surface area (Å²) in [5, 5.41) is 0. The Bertz CT molecular complexity index is 384. The highest BCUT2D eigenvalue weighted by molar-refractivity contribution is 5.22. The predicted octanol–water partition coefficient (Wildman–Crippen LogP) is 1.94. The summed E-state index contributed by atoms with van der Waals surface area (Å²) in [5.74, 6) is -0.203. The molecule has 100 valence electrons. The number of hydrogen-bond acceptors (Lipinski definition) is 3. The van der Waals surface area contributed by atoms with Crippen molar-refractivity contribution in [2.24, 2.45) is 5.73 Å². The van der Waals surface area contributed by atoms with Crippen molar-refractivity contribution in [1.82, 2.24) is 4.90 Å². The van der Waals surface area contributed by atoms with Crippen LogP contribution in [0.25, 0.3) is 0 Å². The maximum Gasteiger partial charge on any atom is 0.123 e. The van der Waals surface area contributed by atoms with Crippen LogP contribution in [0.2, 0.25) is 0 Å². The molecule has 0 bridgehead atoms. The van der Waals surface area contributed by atoms with Gasteiger partial charge >= 0.3 is 0 Å². The Balaban J connectivity index is 2.27. The molecule has 0 amide bonds. The summed E-state index contributed by atoms with van der Waals surface area (Å²) < 4.78 is 19.1. The highest BCUT2D eigenvalue weighted by atomic mass is 19.1. The average Bonchev–Trinajstić information content (AvgIpc) is 2.38. The molecular weight excluding hydrogens is 231 g/mol. The van der Waals surface area contributed by atoms with Crippen LogP contribution in [0, 0.1) is 5.82 Å². The van der Waals surface area contributed by atoms with E-state index in [9.17, 15) is 4.39 Å². The molecule has 0 aliphatic carbocycles. The lowest BCUT2D eigenvalue weighted by Crippen LogP contribution is -2.48. The van der Waals surface area contributed by atoms with E-state index in [1.165, 1.54) is 6.07 Å². The fraction of sp³-hybridized carbons (Fsp3) is 0.571. The predicted molar refractivity (Wildman–Crippen MR) is 69.8 cm³/mol. The third kappa shape index (κ3) is 2.88. The Kier molecular flexibility index (Phi) is 4.69. The van der Waals surface area contributed by atoms with Gasteiger partial charge in [-0.3, -0.25) is 4.90 Å². The van der Waals surface area contributed by atoms with Crippen LogP contribution >= 0.6 is 0 Å². The van der Waals surface area contributed by atoms with Crippen LogP contribution in [-0.2, 0) is 4.74 Å². The summed E-state index contributed by atoms with van der Waals surface area (Å²) in [6.07, 6.45) is 1.02. The van der Waals surface area contributed by atoms with Gasteiger partial charge in [0.15, 0.2) is 0 Å². The van der Waals surface area contributed by atoms with Crippen molar-refractivity contribution < 1.29 is 9.13 Å². The van der Waals surface area contributed by atoms with Crippen molar-refractivity contribution in [3.8, 4) is 0 Å². The molecule has 1 aromatic carbocycles. The van der Waals surface area contributed by atoms with Gasteiger partial charge in [0.25, 0.3) is 0 Å². The van der Waals surface area contributed by atoms with Gasteiger partial charge < -0.3 is 10.5 Å². The van der Waals surface area contributed by atoms with Gasteiger partial charge in [0, 0.05) is 13.1 Å². The molecule has 1 aliphatic rings. The van der Waals surface area contributed by atoms with Crippen LogP contribution in [0.4, 0.5) is 4.39 Å². The summed E-state index contributed by atoms with van der Waals surface area (Å²) in [6, 6.07) is 6.82. The van der Waals surface area contributed by atoms with Crippen molar-refractivity contribution in [1.29, 1.82) is 0 Å². The first-order chi connectivity index (χ1) is 8.76. The third-order valence-corrected chi connectivity index (χ3v) is 3.39. The van der Waals surface area contributed by atoms with E-state index in [2.05, 4.69) is 11.8 Å². The number of hydrogen-bond donors (Lipinski definition) is 1. The fourth-order valence-corrected chi connectivity index (χ4v) is 2.64. The lowest BCUT2D eigenvalue weighted by Gasteiger charge is -2.41. The quantitative estimate of drug-likeness (QED) is 0.890. The zero-order valence-electron chi connectivity index (χ0n) is 10.8. The number of nitrogens with two attached hydrogens (primary N) is 1. The van der Waals surface area contributed by atoms with Gasteiger partial charge in [0.1, 0.15) is 5.82 Å². The molecule has 0 radical (unpaired) electrons. The summed E-state index contributed by atoms with van der Waals surface area (Å²) in [4.78, 5) is 2.34. The zero-order valence-corrected chi connectivity index (χ0v) is 10.8. The number of rotatable bonds is 4. The van der Waals surface area contributed by atoms with Crippen LogP contribution in [-0.4, -0.2) is 37.2 Å². The molecule has 18 heavy (non-hydrogen) atoms. The van der Waals surface area contributed by atoms with Gasteiger partial charge in [-0.25, -0.2) is 4.39 Å². The summed E-state index contributed by atoms with van der Waals surface area (Å²) in [7, 11) is 0. The molecule has 0 aromatic heterocycles. The maximum absolute atomic E-state index is 13.4. The Hall–Kier alpha value is -0.970. The maximum atomic E-state index is 13.4. The Morgan fingerprint density at radius 3 is 3.00 bits per heavy atom. The first-order valence-corrected chi connectivity index (χ1v) is 6.57. The lowest BCUT2D eigenvalue weighted by molar-refractivity contribution is -0.0677. The summed E-state index contributed by atoms with van der Waals surface area (Å²) in [6.45, 7) is 5.18. The van der Waals surface area contributed by atoms with Crippen LogP contribution in [0.1, 0.15) is 24.9 Å². The van der Waals surface area contributed by atoms with Gasteiger partial charge in [-0.05, 0) is 30.7 Å². The third-order valence-electron chi connectivity index (χ3n) is 3.39. The SMILES string of the molecule is CCCN1CCOC(CN)C1c1cccc(F)c1. The van der Waals surface area contributed by atoms with E-state index in [1.807, 2.05) is 6.07 Å². The number of nitrogens with zero attached hydrogens (tertiary/aromatic N) is 1. The zero-order chi connectivity index (χ0) is 13.0. The van der Waals surface area contributed by atoms with E-state index >= 15 is 0 Å². The highest BCUT2D eigenvalue weighted by Crippen LogP contribution is 2.29. The molecule has 2 unspecified atom stereocenters. The fourth-order valence-electron chi connectivity index (χ4n) is 2.64. The molecule has 1 aromatic rings. The standard InChI is InChI=1S/C14H21FN2O/c1-2-6-17-7-8-18-13(10-16)14(17)11-4-3-5-12(15)9-11/h3-5,9,13-14H,2,6-8,10,16H2,1H3. The van der Waals surface area contributed by atoms with E-state index in [0.717, 1.165) is 25.1 Å². The topological polar surface area (TPSA) is 38.5 Å². The van der Waals surface area contributed by atoms with Crippen LogP contribution in [0.5, 0.6) is 0 Å². The minimum Gasteiger partial charge on any atom is -0.374 e. The second kappa shape index (κ2) is 6.27. The first kappa shape index (κ1) is 13.5. The molecule has 0 saturated carbocycles. The first-order valence-electron chi connectivity index (χ1n) is 6.57. The van der Waals surface area contributed by atoms with Crippen molar-refractivity contribution in [2.45, 2.75) is 25.5 Å². The molecule has 2 atom stereocenters. The van der Waals surface area contributed by atoms with Crippen LogP contribution in [0.15, 0.2) is 24.3 Å². The van der Waals surface area contributed by atoms with Crippen molar-refractivity contribution in [3.05, 3.63) is 35.6 Å². The van der Waals surface area contributed by atoms with Crippen LogP contribution in [0.3, 0.4) is 0 Å². The number of halogens is 1. The van der Waals surface area contributed by atoms with E-state index in [-0.39, 0.29) is 18.0 Å². The van der Waals surface area contributed by atoms with E-state index < -0.39 is 0 Å². The second-order valence-electron chi connectivity index (χ2n) is 4.68. The molecule has 2 N–H and O–H groups in total. The Labute approximate surface area is 108 Å². The van der Waals surface area contributed by atoms with Crippen LogP contribution < -0.4 is 5.73 Å². The largest absolute Gasteiger partial charge is 0.374 e. The molecule has 1 saturated heterocycles. The molecule has 4 heteroatoms. The van der Waals surface area contributed by atoms with Gasteiger partial charge in [-0.15, -0.1) is 0 Å². The normalized spacial score (nSPS) is 25.3. The van der Waals surface area contributed by atoms with Gasteiger partial charge in [0.2, 0.25) is 0 Å². The van der Waals surface area contributed by atoms with Crippen molar-refractivity contribution in [3.63, 3.8) is 0 Å². The smallest absolute Gasteiger partial charge is 0.123 e. The second-order valence-corrected chi connectivity index (χ2v) is 4.68. The van der Waals surface area contributed by atoms with Gasteiger partial charge in [0.05, 0.1) is 18.8 Å². The molecule has 0 spiro atoms. The monoisotopic (exact) mass is 252 g/mol. The van der Waals surface area contributed by atoms with E-state index in [4.69, 9.17) is 10.5 Å². The minimum atomic E-state index is -0.203. The Morgan fingerprint density at radius 1 is 1.50 bits per heavy atom. The lowest BCUT2D eigenvalue weighted by atomic mass is 9.97. The minimum absolute atomic E-state index is 0.0490.